The summed E-state index contributed by atoms with van der Waals surface area (Å²) in [4.78, 5) is 2.41. The molecule has 1 nitrogen and oxygen atoms in total. The molecule has 11 rings (SSSR count). The Labute approximate surface area is 325 Å². The van der Waals surface area contributed by atoms with E-state index in [1.807, 2.05) is 11.3 Å². The summed E-state index contributed by atoms with van der Waals surface area (Å²) in [7, 11) is 0. The SMILES string of the molecule is CC1(C)c2ccccc2-c2ccc(N(c3ccc(-c4ccc5ccccc5c4)cc3)c3ccc(-c4ccc5ccc6sc7ccccc7c6c5c4)cc3)cc21. The summed E-state index contributed by atoms with van der Waals surface area (Å²) < 4.78 is 2.67. The molecule has 0 N–H and O–H groups in total. The van der Waals surface area contributed by atoms with E-state index in [0.717, 1.165) is 17.1 Å². The van der Waals surface area contributed by atoms with Gasteiger partial charge in [-0.2, -0.15) is 0 Å². The van der Waals surface area contributed by atoms with E-state index in [1.54, 1.807) is 0 Å². The lowest BCUT2D eigenvalue weighted by Gasteiger charge is -2.28. The Hall–Kier alpha value is -6.48. The molecule has 260 valence electrons. The fourth-order valence-corrected chi connectivity index (χ4v) is 10.1. The van der Waals surface area contributed by atoms with Crippen LogP contribution in [-0.2, 0) is 5.41 Å². The average Bonchev–Trinajstić information content (AvgIpc) is 3.73. The molecule has 1 aliphatic carbocycles. The van der Waals surface area contributed by atoms with Crippen molar-refractivity contribution < 1.29 is 0 Å². The highest BCUT2D eigenvalue weighted by Gasteiger charge is 2.35. The van der Waals surface area contributed by atoms with Crippen molar-refractivity contribution in [2.24, 2.45) is 0 Å². The summed E-state index contributed by atoms with van der Waals surface area (Å²) in [5.74, 6) is 0. The molecule has 0 fully saturated rings. The molecule has 0 bridgehead atoms. The minimum Gasteiger partial charge on any atom is -0.310 e. The molecule has 55 heavy (non-hydrogen) atoms. The molecule has 0 saturated heterocycles. The van der Waals surface area contributed by atoms with Crippen LogP contribution in [-0.4, -0.2) is 0 Å². The van der Waals surface area contributed by atoms with Crippen molar-refractivity contribution in [2.45, 2.75) is 19.3 Å². The van der Waals surface area contributed by atoms with Crippen LogP contribution in [0, 0.1) is 0 Å². The van der Waals surface area contributed by atoms with E-state index in [4.69, 9.17) is 0 Å². The lowest BCUT2D eigenvalue weighted by Crippen LogP contribution is -2.16. The highest BCUT2D eigenvalue weighted by molar-refractivity contribution is 7.26. The van der Waals surface area contributed by atoms with Crippen LogP contribution < -0.4 is 4.90 Å². The normalized spacial score (nSPS) is 13.1. The zero-order valence-electron chi connectivity index (χ0n) is 30.8. The minimum atomic E-state index is -0.0906. The van der Waals surface area contributed by atoms with Crippen LogP contribution in [0.25, 0.3) is 75.1 Å². The number of thiophene rings is 1. The maximum absolute atomic E-state index is 2.42. The number of fused-ring (bicyclic) bond motifs is 9. The van der Waals surface area contributed by atoms with Crippen LogP contribution >= 0.6 is 11.3 Å². The van der Waals surface area contributed by atoms with Gasteiger partial charge in [-0.05, 0) is 127 Å². The molecule has 1 aromatic heterocycles. The first kappa shape index (κ1) is 32.0. The van der Waals surface area contributed by atoms with Gasteiger partial charge in [0.25, 0.3) is 0 Å². The molecular weight excluding hydrogens is 683 g/mol. The second-order valence-electron chi connectivity index (χ2n) is 15.4. The molecule has 2 heteroatoms. The van der Waals surface area contributed by atoms with Crippen molar-refractivity contribution in [2.75, 3.05) is 4.90 Å². The van der Waals surface area contributed by atoms with Gasteiger partial charge in [-0.1, -0.05) is 141 Å². The summed E-state index contributed by atoms with van der Waals surface area (Å²) in [6.45, 7) is 4.71. The van der Waals surface area contributed by atoms with Gasteiger partial charge in [-0.25, -0.2) is 0 Å². The Morgan fingerprint density at radius 2 is 0.964 bits per heavy atom. The quantitative estimate of drug-likeness (QED) is 0.171. The van der Waals surface area contributed by atoms with Crippen LogP contribution in [0.4, 0.5) is 17.1 Å². The van der Waals surface area contributed by atoms with Gasteiger partial charge in [-0.3, -0.25) is 0 Å². The molecule has 0 atom stereocenters. The largest absolute Gasteiger partial charge is 0.310 e. The predicted molar refractivity (Wildman–Crippen MR) is 237 cm³/mol. The first-order valence-corrected chi connectivity index (χ1v) is 19.9. The molecule has 9 aromatic carbocycles. The summed E-state index contributed by atoms with van der Waals surface area (Å²) >= 11 is 1.88. The number of nitrogens with zero attached hydrogens (tertiary/aromatic N) is 1. The minimum absolute atomic E-state index is 0.0906. The molecule has 0 saturated carbocycles. The number of benzene rings is 9. The maximum atomic E-state index is 2.42. The van der Waals surface area contributed by atoms with Crippen molar-refractivity contribution in [3.63, 3.8) is 0 Å². The second kappa shape index (κ2) is 12.3. The highest BCUT2D eigenvalue weighted by Crippen LogP contribution is 2.51. The number of hydrogen-bond acceptors (Lipinski definition) is 2. The Kier molecular flexibility index (Phi) is 7.14. The van der Waals surface area contributed by atoms with Gasteiger partial charge in [0.05, 0.1) is 0 Å². The monoisotopic (exact) mass is 719 g/mol. The summed E-state index contributed by atoms with van der Waals surface area (Å²) in [5.41, 5.74) is 13.6. The molecule has 1 aliphatic rings. The fraction of sp³-hybridized carbons (Fsp3) is 0.0566. The van der Waals surface area contributed by atoms with E-state index in [-0.39, 0.29) is 5.41 Å². The van der Waals surface area contributed by atoms with Gasteiger partial charge in [-0.15, -0.1) is 11.3 Å². The molecule has 0 radical (unpaired) electrons. The molecule has 0 aliphatic heterocycles. The summed E-state index contributed by atoms with van der Waals surface area (Å²) in [6, 6.07) is 69.7. The van der Waals surface area contributed by atoms with Crippen molar-refractivity contribution in [1.29, 1.82) is 0 Å². The van der Waals surface area contributed by atoms with E-state index in [2.05, 4.69) is 207 Å². The van der Waals surface area contributed by atoms with E-state index in [9.17, 15) is 0 Å². The van der Waals surface area contributed by atoms with Crippen LogP contribution in [0.2, 0.25) is 0 Å². The smallest absolute Gasteiger partial charge is 0.0465 e. The Bertz CT molecular complexity index is 3110. The Morgan fingerprint density at radius 1 is 0.382 bits per heavy atom. The van der Waals surface area contributed by atoms with Crippen molar-refractivity contribution in [3.8, 4) is 33.4 Å². The lowest BCUT2D eigenvalue weighted by molar-refractivity contribution is 0.660. The maximum Gasteiger partial charge on any atom is 0.0465 e. The van der Waals surface area contributed by atoms with E-state index >= 15 is 0 Å². The standard InChI is InChI=1S/C53H37NS/c1-53(2)48-13-7-5-11-44(48)45-29-28-43(33-49(45)53)54(41-24-19-35(20-25-41)39-17-15-34-9-3-4-10-38(34)31-39)42-26-21-36(22-27-42)40-18-16-37-23-30-51-52(47(37)32-40)46-12-6-8-14-50(46)55-51/h3-33H,1-2H3. The third-order valence-corrected chi connectivity index (χ3v) is 13.0. The highest BCUT2D eigenvalue weighted by atomic mass is 32.1. The summed E-state index contributed by atoms with van der Waals surface area (Å²) in [5, 5.41) is 7.80. The van der Waals surface area contributed by atoms with Crippen molar-refractivity contribution in [3.05, 3.63) is 199 Å². The predicted octanol–water partition coefficient (Wildman–Crippen LogP) is 15.5. The van der Waals surface area contributed by atoms with Gasteiger partial charge in [0, 0.05) is 42.6 Å². The van der Waals surface area contributed by atoms with E-state index < -0.39 is 0 Å². The van der Waals surface area contributed by atoms with Crippen molar-refractivity contribution >= 4 is 70.1 Å². The number of hydrogen-bond donors (Lipinski definition) is 0. The lowest BCUT2D eigenvalue weighted by atomic mass is 9.82. The average molecular weight is 720 g/mol. The Morgan fingerprint density at radius 3 is 1.75 bits per heavy atom. The summed E-state index contributed by atoms with van der Waals surface area (Å²) in [6.07, 6.45) is 0. The first-order chi connectivity index (χ1) is 27.0. The molecule has 1 heterocycles. The zero-order valence-corrected chi connectivity index (χ0v) is 31.6. The fourth-order valence-electron chi connectivity index (χ4n) is 8.98. The zero-order chi connectivity index (χ0) is 36.7. The van der Waals surface area contributed by atoms with Gasteiger partial charge < -0.3 is 4.90 Å². The van der Waals surface area contributed by atoms with Gasteiger partial charge in [0.15, 0.2) is 0 Å². The second-order valence-corrected chi connectivity index (χ2v) is 16.4. The number of rotatable bonds is 5. The third-order valence-electron chi connectivity index (χ3n) is 11.9. The van der Waals surface area contributed by atoms with Gasteiger partial charge in [0.1, 0.15) is 0 Å². The van der Waals surface area contributed by atoms with E-state index in [1.165, 1.54) is 86.2 Å². The number of anilines is 3. The van der Waals surface area contributed by atoms with Crippen molar-refractivity contribution in [1.82, 2.24) is 0 Å². The van der Waals surface area contributed by atoms with Gasteiger partial charge >= 0.3 is 0 Å². The molecule has 0 unspecified atom stereocenters. The first-order valence-electron chi connectivity index (χ1n) is 19.1. The van der Waals surface area contributed by atoms with Crippen LogP contribution in [0.15, 0.2) is 188 Å². The third kappa shape index (κ3) is 5.13. The van der Waals surface area contributed by atoms with Crippen LogP contribution in [0.5, 0.6) is 0 Å². The van der Waals surface area contributed by atoms with Crippen LogP contribution in [0.1, 0.15) is 25.0 Å². The van der Waals surface area contributed by atoms with Crippen LogP contribution in [0.3, 0.4) is 0 Å². The van der Waals surface area contributed by atoms with Gasteiger partial charge in [0.2, 0.25) is 0 Å². The Balaban J connectivity index is 1.01. The molecular formula is C53H37NS. The molecule has 0 spiro atoms. The molecule has 0 amide bonds. The molecule has 10 aromatic rings. The van der Waals surface area contributed by atoms with E-state index in [0.29, 0.717) is 0 Å². The topological polar surface area (TPSA) is 3.24 Å².